The summed E-state index contributed by atoms with van der Waals surface area (Å²) >= 11 is 0. The summed E-state index contributed by atoms with van der Waals surface area (Å²) in [5.41, 5.74) is 0. The minimum atomic E-state index is 0.701. The summed E-state index contributed by atoms with van der Waals surface area (Å²) < 4.78 is 4.49. The molecule has 2 nitrogen and oxygen atoms in total. The van der Waals surface area contributed by atoms with Gasteiger partial charge in [0.2, 0.25) is 0 Å². The van der Waals surface area contributed by atoms with E-state index in [-0.39, 0.29) is 0 Å². The molecule has 0 amide bonds. The molecule has 0 heterocycles. The lowest BCUT2D eigenvalue weighted by Gasteiger charge is -2.02. The van der Waals surface area contributed by atoms with Crippen molar-refractivity contribution in [1.29, 1.82) is 0 Å². The largest absolute Gasteiger partial charge is 0.423 e. The molecule has 0 bridgehead atoms. The fraction of sp³-hybridized carbons (Fsp3) is 0.286. The summed E-state index contributed by atoms with van der Waals surface area (Å²) in [7, 11) is 0. The van der Waals surface area contributed by atoms with Crippen LogP contribution in [0.2, 0.25) is 0 Å². The van der Waals surface area contributed by atoms with Crippen LogP contribution in [0.3, 0.4) is 0 Å². The van der Waals surface area contributed by atoms with E-state index in [2.05, 4.69) is 4.74 Å². The zero-order chi connectivity index (χ0) is 6.53. The normalized spacial score (nSPS) is 16.7. The van der Waals surface area contributed by atoms with Crippen molar-refractivity contribution in [2.24, 2.45) is 0 Å². The van der Waals surface area contributed by atoms with E-state index in [1.807, 2.05) is 12.2 Å². The second kappa shape index (κ2) is 3.07. The van der Waals surface area contributed by atoms with E-state index >= 15 is 0 Å². The Labute approximate surface area is 53.8 Å². The van der Waals surface area contributed by atoms with Gasteiger partial charge in [-0.05, 0) is 12.5 Å². The third-order valence-corrected chi connectivity index (χ3v) is 1.15. The Kier molecular flexibility index (Phi) is 2.07. The van der Waals surface area contributed by atoms with Crippen molar-refractivity contribution >= 4 is 6.47 Å². The van der Waals surface area contributed by atoms with E-state index in [1.54, 1.807) is 6.08 Å². The van der Waals surface area contributed by atoms with Crippen LogP contribution in [0, 0.1) is 0 Å². The molecule has 0 N–H and O–H groups in total. The molecule has 1 aliphatic rings. The molecule has 0 aromatic heterocycles. The number of hydrogen-bond donors (Lipinski definition) is 0. The zero-order valence-electron chi connectivity index (χ0n) is 4.96. The highest BCUT2D eigenvalue weighted by Crippen LogP contribution is 2.10. The van der Waals surface area contributed by atoms with Crippen molar-refractivity contribution in [3.05, 3.63) is 24.0 Å². The maximum atomic E-state index is 9.66. The Hall–Kier alpha value is -1.05. The van der Waals surface area contributed by atoms with Crippen molar-refractivity contribution in [3.8, 4) is 0 Å². The molecule has 0 spiro atoms. The van der Waals surface area contributed by atoms with Crippen molar-refractivity contribution in [1.82, 2.24) is 0 Å². The molecule has 0 fully saturated rings. The highest BCUT2D eigenvalue weighted by molar-refractivity contribution is 5.41. The van der Waals surface area contributed by atoms with Crippen LogP contribution in [-0.4, -0.2) is 6.47 Å². The third kappa shape index (κ3) is 1.72. The summed E-state index contributed by atoms with van der Waals surface area (Å²) in [5, 5.41) is 0. The molecule has 47 valence electrons. The molecule has 9 heavy (non-hydrogen) atoms. The van der Waals surface area contributed by atoms with E-state index in [4.69, 9.17) is 0 Å². The Balaban J connectivity index is 2.47. The van der Waals surface area contributed by atoms with E-state index in [1.165, 1.54) is 6.47 Å². The number of ether oxygens (including phenoxy) is 1. The van der Waals surface area contributed by atoms with Gasteiger partial charge in [-0.2, -0.15) is 0 Å². The molecular formula is C7H7O2. The minimum absolute atomic E-state index is 0.701. The summed E-state index contributed by atoms with van der Waals surface area (Å²) in [5.74, 6) is 0.701. The number of hydrogen-bond acceptors (Lipinski definition) is 2. The van der Waals surface area contributed by atoms with Crippen LogP contribution in [0.15, 0.2) is 24.0 Å². The maximum absolute atomic E-state index is 9.66. The Morgan fingerprint density at radius 1 is 1.67 bits per heavy atom. The zero-order valence-corrected chi connectivity index (χ0v) is 4.96. The lowest BCUT2D eigenvalue weighted by molar-refractivity contribution is 0.348. The van der Waals surface area contributed by atoms with Crippen molar-refractivity contribution in [2.45, 2.75) is 12.8 Å². The second-order valence-electron chi connectivity index (χ2n) is 1.79. The molecule has 0 unspecified atom stereocenters. The SMILES string of the molecule is O=[C]OC1=CC=CCC1. The van der Waals surface area contributed by atoms with Gasteiger partial charge in [0, 0.05) is 6.42 Å². The van der Waals surface area contributed by atoms with Crippen LogP contribution in [-0.2, 0) is 9.53 Å². The maximum Gasteiger partial charge on any atom is 0.422 e. The summed E-state index contributed by atoms with van der Waals surface area (Å²) in [6, 6.07) is 0. The highest BCUT2D eigenvalue weighted by atomic mass is 16.5. The van der Waals surface area contributed by atoms with Gasteiger partial charge in [0.15, 0.2) is 0 Å². The van der Waals surface area contributed by atoms with Crippen LogP contribution >= 0.6 is 0 Å². The molecule has 0 atom stereocenters. The average Bonchev–Trinajstić information content (AvgIpc) is 1.91. The number of rotatable bonds is 2. The van der Waals surface area contributed by atoms with Gasteiger partial charge in [0.1, 0.15) is 5.76 Å². The summed E-state index contributed by atoms with van der Waals surface area (Å²) in [4.78, 5) is 9.66. The lowest BCUT2D eigenvalue weighted by Crippen LogP contribution is -1.91. The Bertz CT molecular complexity index is 156. The first-order valence-corrected chi connectivity index (χ1v) is 2.83. The average molecular weight is 123 g/mol. The molecule has 1 aliphatic carbocycles. The van der Waals surface area contributed by atoms with Gasteiger partial charge >= 0.3 is 6.47 Å². The molecule has 0 aromatic carbocycles. The van der Waals surface area contributed by atoms with Crippen molar-refractivity contribution in [2.75, 3.05) is 0 Å². The van der Waals surface area contributed by atoms with E-state index < -0.39 is 0 Å². The quantitative estimate of drug-likeness (QED) is 0.553. The fourth-order valence-electron chi connectivity index (χ4n) is 0.719. The van der Waals surface area contributed by atoms with E-state index in [0.717, 1.165) is 12.8 Å². The number of allylic oxidation sites excluding steroid dienone is 4. The lowest BCUT2D eigenvalue weighted by atomic mass is 10.2. The van der Waals surface area contributed by atoms with Crippen molar-refractivity contribution < 1.29 is 9.53 Å². The second-order valence-corrected chi connectivity index (χ2v) is 1.79. The van der Waals surface area contributed by atoms with Gasteiger partial charge in [-0.25, -0.2) is 4.79 Å². The number of carbonyl (C=O) groups excluding carboxylic acids is 1. The first kappa shape index (κ1) is 6.08. The summed E-state index contributed by atoms with van der Waals surface area (Å²) in [6.07, 6.45) is 7.43. The molecular weight excluding hydrogens is 116 g/mol. The van der Waals surface area contributed by atoms with Crippen LogP contribution in [0.1, 0.15) is 12.8 Å². The predicted octanol–water partition coefficient (Wildman–Crippen LogP) is 1.30. The molecule has 2 heteroatoms. The Morgan fingerprint density at radius 2 is 2.56 bits per heavy atom. The molecule has 0 aromatic rings. The first-order chi connectivity index (χ1) is 4.43. The van der Waals surface area contributed by atoms with E-state index in [0.29, 0.717) is 5.76 Å². The molecule has 0 saturated carbocycles. The topological polar surface area (TPSA) is 26.3 Å². The monoisotopic (exact) mass is 123 g/mol. The smallest absolute Gasteiger partial charge is 0.422 e. The van der Waals surface area contributed by atoms with Crippen LogP contribution in [0.4, 0.5) is 0 Å². The fourth-order valence-corrected chi connectivity index (χ4v) is 0.719. The van der Waals surface area contributed by atoms with Gasteiger partial charge in [0.25, 0.3) is 0 Å². The van der Waals surface area contributed by atoms with Crippen LogP contribution in [0.25, 0.3) is 0 Å². The van der Waals surface area contributed by atoms with Crippen LogP contribution in [0.5, 0.6) is 0 Å². The minimum Gasteiger partial charge on any atom is -0.423 e. The molecule has 0 saturated heterocycles. The molecule has 1 radical (unpaired) electrons. The third-order valence-electron chi connectivity index (χ3n) is 1.15. The molecule has 0 aliphatic heterocycles. The predicted molar refractivity (Wildman–Crippen MR) is 33.2 cm³/mol. The standard InChI is InChI=1S/C7H7O2/c8-6-9-7-4-2-1-3-5-7/h1-2,4H,3,5H2. The van der Waals surface area contributed by atoms with Gasteiger partial charge in [-0.1, -0.05) is 12.2 Å². The summed E-state index contributed by atoms with van der Waals surface area (Å²) in [6.45, 7) is 1.39. The van der Waals surface area contributed by atoms with Gasteiger partial charge in [-0.15, -0.1) is 0 Å². The van der Waals surface area contributed by atoms with Gasteiger partial charge in [0.05, 0.1) is 0 Å². The van der Waals surface area contributed by atoms with Crippen LogP contribution < -0.4 is 0 Å². The highest BCUT2D eigenvalue weighted by Gasteiger charge is 1.98. The van der Waals surface area contributed by atoms with Crippen molar-refractivity contribution in [3.63, 3.8) is 0 Å². The first-order valence-electron chi connectivity index (χ1n) is 2.83. The Morgan fingerprint density at radius 3 is 3.11 bits per heavy atom. The van der Waals surface area contributed by atoms with Gasteiger partial charge in [-0.3, -0.25) is 0 Å². The van der Waals surface area contributed by atoms with Gasteiger partial charge < -0.3 is 4.74 Å². The van der Waals surface area contributed by atoms with E-state index in [9.17, 15) is 4.79 Å². The molecule has 1 rings (SSSR count).